The summed E-state index contributed by atoms with van der Waals surface area (Å²) >= 11 is 5.64. The molecule has 5 nitrogen and oxygen atoms in total. The summed E-state index contributed by atoms with van der Waals surface area (Å²) in [4.78, 5) is 6.09. The molecule has 27 heavy (non-hydrogen) atoms. The molecule has 140 valence electrons. The Kier molecular flexibility index (Phi) is 5.46. The lowest BCUT2D eigenvalue weighted by atomic mass is 10.2. The fourth-order valence-electron chi connectivity index (χ4n) is 2.41. The summed E-state index contributed by atoms with van der Waals surface area (Å²) in [5.74, 6) is 0.615. The van der Waals surface area contributed by atoms with Crippen LogP contribution in [0.2, 0.25) is 5.02 Å². The second-order valence-corrected chi connectivity index (χ2v) is 6.21. The number of benzene rings is 2. The molecule has 0 bridgehead atoms. The van der Waals surface area contributed by atoms with Crippen molar-refractivity contribution in [2.45, 2.75) is 12.7 Å². The Morgan fingerprint density at radius 3 is 2.56 bits per heavy atom. The predicted octanol–water partition coefficient (Wildman–Crippen LogP) is 4.92. The second kappa shape index (κ2) is 7.79. The maximum Gasteiger partial charge on any atom is 0.417 e. The SMILES string of the molecule is CN(Cc1ccccc1)c1nncc(Nc2ccc(Cl)c(C(F)(F)F)c2)n1. The van der Waals surface area contributed by atoms with E-state index in [1.807, 2.05) is 30.3 Å². The average molecular weight is 394 g/mol. The highest BCUT2D eigenvalue weighted by Crippen LogP contribution is 2.36. The first-order chi connectivity index (χ1) is 12.8. The van der Waals surface area contributed by atoms with Crippen LogP contribution in [0.5, 0.6) is 0 Å². The van der Waals surface area contributed by atoms with Gasteiger partial charge < -0.3 is 10.2 Å². The molecule has 0 fully saturated rings. The third-order valence-electron chi connectivity index (χ3n) is 3.70. The van der Waals surface area contributed by atoms with Gasteiger partial charge in [0.25, 0.3) is 0 Å². The van der Waals surface area contributed by atoms with Crippen LogP contribution in [0.1, 0.15) is 11.1 Å². The van der Waals surface area contributed by atoms with Crippen molar-refractivity contribution in [3.8, 4) is 0 Å². The molecule has 0 radical (unpaired) electrons. The van der Waals surface area contributed by atoms with E-state index in [1.54, 1.807) is 11.9 Å². The highest BCUT2D eigenvalue weighted by molar-refractivity contribution is 6.31. The Balaban J connectivity index is 1.78. The van der Waals surface area contributed by atoms with Gasteiger partial charge in [0, 0.05) is 19.3 Å². The van der Waals surface area contributed by atoms with Gasteiger partial charge in [-0.25, -0.2) is 0 Å². The maximum absolute atomic E-state index is 13.0. The molecule has 0 aliphatic heterocycles. The molecule has 0 atom stereocenters. The van der Waals surface area contributed by atoms with Gasteiger partial charge in [-0.05, 0) is 23.8 Å². The van der Waals surface area contributed by atoms with Gasteiger partial charge in [0.15, 0.2) is 5.82 Å². The molecule has 2 aromatic carbocycles. The molecule has 1 N–H and O–H groups in total. The van der Waals surface area contributed by atoms with Crippen LogP contribution >= 0.6 is 11.6 Å². The molecule has 0 spiro atoms. The standard InChI is InChI=1S/C18H15ClF3N5/c1-27(11-12-5-3-2-4-6-12)17-25-16(10-23-26-17)24-13-7-8-15(19)14(9-13)18(20,21)22/h2-10H,11H2,1H3,(H,24,25,26). The minimum Gasteiger partial charge on any atom is -0.339 e. The van der Waals surface area contributed by atoms with Crippen molar-refractivity contribution < 1.29 is 13.2 Å². The van der Waals surface area contributed by atoms with E-state index in [-0.39, 0.29) is 16.5 Å². The number of anilines is 3. The summed E-state index contributed by atoms with van der Waals surface area (Å²) in [5.41, 5.74) is 0.343. The summed E-state index contributed by atoms with van der Waals surface area (Å²) in [5, 5.41) is 10.3. The number of halogens is 4. The van der Waals surface area contributed by atoms with Gasteiger partial charge >= 0.3 is 6.18 Å². The number of nitrogens with one attached hydrogen (secondary N) is 1. The van der Waals surface area contributed by atoms with Crippen molar-refractivity contribution >= 4 is 29.1 Å². The molecule has 0 aliphatic rings. The third kappa shape index (κ3) is 4.85. The van der Waals surface area contributed by atoms with Crippen LogP contribution in [0.3, 0.4) is 0 Å². The second-order valence-electron chi connectivity index (χ2n) is 5.80. The first-order valence-corrected chi connectivity index (χ1v) is 8.29. The number of nitrogens with zero attached hydrogens (tertiary/aromatic N) is 4. The van der Waals surface area contributed by atoms with Crippen LogP contribution < -0.4 is 10.2 Å². The maximum atomic E-state index is 13.0. The Morgan fingerprint density at radius 1 is 1.11 bits per heavy atom. The van der Waals surface area contributed by atoms with Crippen molar-refractivity contribution in [2.24, 2.45) is 0 Å². The van der Waals surface area contributed by atoms with Crippen LogP contribution in [0, 0.1) is 0 Å². The molecule has 0 amide bonds. The summed E-state index contributed by atoms with van der Waals surface area (Å²) in [6, 6.07) is 13.3. The van der Waals surface area contributed by atoms with Crippen LogP contribution in [-0.4, -0.2) is 22.2 Å². The normalized spacial score (nSPS) is 11.3. The molecule has 1 aromatic heterocycles. The summed E-state index contributed by atoms with van der Waals surface area (Å²) in [7, 11) is 1.80. The van der Waals surface area contributed by atoms with Crippen molar-refractivity contribution in [1.29, 1.82) is 0 Å². The lowest BCUT2D eigenvalue weighted by molar-refractivity contribution is -0.137. The summed E-state index contributed by atoms with van der Waals surface area (Å²) in [6.07, 6.45) is -3.21. The van der Waals surface area contributed by atoms with Crippen molar-refractivity contribution in [3.63, 3.8) is 0 Å². The van der Waals surface area contributed by atoms with E-state index in [2.05, 4.69) is 20.5 Å². The summed E-state index contributed by atoms with van der Waals surface area (Å²) in [6.45, 7) is 0.561. The summed E-state index contributed by atoms with van der Waals surface area (Å²) < 4.78 is 39.0. The molecular formula is C18H15ClF3N5. The number of hydrogen-bond donors (Lipinski definition) is 1. The highest BCUT2D eigenvalue weighted by atomic mass is 35.5. The lowest BCUT2D eigenvalue weighted by Gasteiger charge is -2.17. The van der Waals surface area contributed by atoms with E-state index in [1.165, 1.54) is 18.3 Å². The van der Waals surface area contributed by atoms with Crippen LogP contribution in [-0.2, 0) is 12.7 Å². The average Bonchev–Trinajstić information content (AvgIpc) is 2.63. The van der Waals surface area contributed by atoms with Crippen LogP contribution in [0.15, 0.2) is 54.7 Å². The van der Waals surface area contributed by atoms with Gasteiger partial charge in [0.1, 0.15) is 0 Å². The minimum atomic E-state index is -4.54. The molecule has 3 aromatic rings. The van der Waals surface area contributed by atoms with Crippen LogP contribution in [0.25, 0.3) is 0 Å². The Labute approximate surface area is 158 Å². The lowest BCUT2D eigenvalue weighted by Crippen LogP contribution is -2.20. The van der Waals surface area contributed by atoms with E-state index in [0.717, 1.165) is 11.6 Å². The molecule has 0 saturated carbocycles. The number of aromatic nitrogens is 3. The van der Waals surface area contributed by atoms with Gasteiger partial charge in [-0.1, -0.05) is 41.9 Å². The molecule has 3 rings (SSSR count). The van der Waals surface area contributed by atoms with Crippen molar-refractivity contribution in [1.82, 2.24) is 15.2 Å². The highest BCUT2D eigenvalue weighted by Gasteiger charge is 2.33. The zero-order chi connectivity index (χ0) is 19.4. The zero-order valence-corrected chi connectivity index (χ0v) is 15.0. The zero-order valence-electron chi connectivity index (χ0n) is 14.2. The Bertz CT molecular complexity index is 918. The van der Waals surface area contributed by atoms with Gasteiger partial charge in [-0.2, -0.15) is 23.3 Å². The predicted molar refractivity (Wildman–Crippen MR) is 98.1 cm³/mol. The number of hydrogen-bond acceptors (Lipinski definition) is 5. The smallest absolute Gasteiger partial charge is 0.339 e. The number of rotatable bonds is 5. The van der Waals surface area contributed by atoms with Crippen molar-refractivity contribution in [2.75, 3.05) is 17.3 Å². The van der Waals surface area contributed by atoms with Gasteiger partial charge in [0.05, 0.1) is 16.8 Å². The molecular weight excluding hydrogens is 379 g/mol. The molecule has 0 aliphatic carbocycles. The fourth-order valence-corrected chi connectivity index (χ4v) is 2.64. The van der Waals surface area contributed by atoms with Crippen LogP contribution in [0.4, 0.5) is 30.6 Å². The van der Waals surface area contributed by atoms with E-state index in [0.29, 0.717) is 12.5 Å². The first kappa shape index (κ1) is 18.9. The Hall–Kier alpha value is -2.87. The van der Waals surface area contributed by atoms with E-state index in [9.17, 15) is 13.2 Å². The fraction of sp³-hybridized carbons (Fsp3) is 0.167. The molecule has 1 heterocycles. The molecule has 0 unspecified atom stereocenters. The quantitative estimate of drug-likeness (QED) is 0.666. The van der Waals surface area contributed by atoms with Gasteiger partial charge in [0.2, 0.25) is 5.95 Å². The Morgan fingerprint density at radius 2 is 1.85 bits per heavy atom. The van der Waals surface area contributed by atoms with E-state index in [4.69, 9.17) is 11.6 Å². The molecule has 0 saturated heterocycles. The third-order valence-corrected chi connectivity index (χ3v) is 4.03. The van der Waals surface area contributed by atoms with Gasteiger partial charge in [-0.3, -0.25) is 0 Å². The topological polar surface area (TPSA) is 53.9 Å². The van der Waals surface area contributed by atoms with Crippen molar-refractivity contribution in [3.05, 3.63) is 70.9 Å². The van der Waals surface area contributed by atoms with Gasteiger partial charge in [-0.15, -0.1) is 5.10 Å². The largest absolute Gasteiger partial charge is 0.417 e. The monoisotopic (exact) mass is 393 g/mol. The molecule has 9 heteroatoms. The van der Waals surface area contributed by atoms with E-state index >= 15 is 0 Å². The number of alkyl halides is 3. The first-order valence-electron chi connectivity index (χ1n) is 7.91. The minimum absolute atomic E-state index is 0.198. The van der Waals surface area contributed by atoms with E-state index < -0.39 is 11.7 Å².